The average Bonchev–Trinajstić information content (AvgIpc) is 3.22. The van der Waals surface area contributed by atoms with Crippen LogP contribution in [0.1, 0.15) is 17.4 Å². The molecule has 0 spiro atoms. The lowest BCUT2D eigenvalue weighted by Crippen LogP contribution is -2.48. The lowest BCUT2D eigenvalue weighted by molar-refractivity contribution is -0.117. The van der Waals surface area contributed by atoms with Gasteiger partial charge in [-0.2, -0.15) is 0 Å². The number of esters is 1. The molecule has 1 saturated heterocycles. The first-order chi connectivity index (χ1) is 17.3. The van der Waals surface area contributed by atoms with Crippen molar-refractivity contribution in [1.82, 2.24) is 9.88 Å². The summed E-state index contributed by atoms with van der Waals surface area (Å²) < 4.78 is 16.0. The standard InChI is InChI=1S/C25H28Cl2N4O5/c1-4-36-25(33)24-23(16-12-20(34-2)21(35-3)13-19(16)28-24)29-22(32)14-30-7-9-31(10-8-30)15-5-6-17(26)18(27)11-15/h5-6,11-13,28H,4,7-10,14H2,1-3H3,(H,29,32). The number of aromatic amines is 1. The maximum Gasteiger partial charge on any atom is 0.356 e. The molecule has 2 heterocycles. The smallest absolute Gasteiger partial charge is 0.356 e. The van der Waals surface area contributed by atoms with Gasteiger partial charge >= 0.3 is 5.97 Å². The van der Waals surface area contributed by atoms with Crippen molar-refractivity contribution in [3.05, 3.63) is 46.1 Å². The largest absolute Gasteiger partial charge is 0.493 e. The molecule has 0 aliphatic carbocycles. The molecular weight excluding hydrogens is 507 g/mol. The van der Waals surface area contributed by atoms with Crippen LogP contribution in [0.25, 0.3) is 10.9 Å². The van der Waals surface area contributed by atoms with E-state index in [-0.39, 0.29) is 24.8 Å². The van der Waals surface area contributed by atoms with Crippen molar-refractivity contribution in [1.29, 1.82) is 0 Å². The number of methoxy groups -OCH3 is 2. The van der Waals surface area contributed by atoms with E-state index in [2.05, 4.69) is 20.1 Å². The molecule has 3 aromatic rings. The molecule has 1 aliphatic rings. The van der Waals surface area contributed by atoms with Gasteiger partial charge in [0.25, 0.3) is 0 Å². The monoisotopic (exact) mass is 534 g/mol. The molecule has 1 amide bonds. The molecular formula is C25H28Cl2N4O5. The molecule has 0 atom stereocenters. The van der Waals surface area contributed by atoms with Crippen molar-refractivity contribution in [2.24, 2.45) is 0 Å². The summed E-state index contributed by atoms with van der Waals surface area (Å²) in [5, 5.41) is 4.56. The number of piperazine rings is 1. The van der Waals surface area contributed by atoms with E-state index in [0.29, 0.717) is 51.2 Å². The number of aromatic nitrogens is 1. The number of carbonyl (C=O) groups is 2. The van der Waals surface area contributed by atoms with Crippen LogP contribution in [0, 0.1) is 0 Å². The number of carbonyl (C=O) groups excluding carboxylic acids is 2. The van der Waals surface area contributed by atoms with Crippen molar-refractivity contribution in [3.63, 3.8) is 0 Å². The van der Waals surface area contributed by atoms with Crippen molar-refractivity contribution in [2.45, 2.75) is 6.92 Å². The molecule has 36 heavy (non-hydrogen) atoms. The van der Waals surface area contributed by atoms with E-state index < -0.39 is 5.97 Å². The van der Waals surface area contributed by atoms with Gasteiger partial charge in [0.15, 0.2) is 11.5 Å². The number of hydrogen-bond donors (Lipinski definition) is 2. The topological polar surface area (TPSA) is 96.1 Å². The fourth-order valence-electron chi connectivity index (χ4n) is 4.24. The zero-order valence-corrected chi connectivity index (χ0v) is 21.8. The third-order valence-electron chi connectivity index (χ3n) is 6.05. The van der Waals surface area contributed by atoms with E-state index in [4.69, 9.17) is 37.4 Å². The van der Waals surface area contributed by atoms with Crippen LogP contribution < -0.4 is 19.7 Å². The Balaban J connectivity index is 1.48. The van der Waals surface area contributed by atoms with Crippen LogP contribution in [0.4, 0.5) is 11.4 Å². The maximum absolute atomic E-state index is 13.0. The number of hydrogen-bond acceptors (Lipinski definition) is 7. The van der Waals surface area contributed by atoms with Gasteiger partial charge in [-0.25, -0.2) is 4.79 Å². The Morgan fingerprint density at radius 2 is 1.69 bits per heavy atom. The van der Waals surface area contributed by atoms with E-state index in [1.54, 1.807) is 25.1 Å². The van der Waals surface area contributed by atoms with Gasteiger partial charge in [-0.05, 0) is 31.2 Å². The summed E-state index contributed by atoms with van der Waals surface area (Å²) >= 11 is 12.2. The molecule has 0 radical (unpaired) electrons. The van der Waals surface area contributed by atoms with Gasteiger partial charge in [-0.3, -0.25) is 9.69 Å². The number of halogens is 2. The number of anilines is 2. The number of rotatable bonds is 8. The molecule has 4 rings (SSSR count). The average molecular weight is 535 g/mol. The SMILES string of the molecule is CCOC(=O)c1[nH]c2cc(OC)c(OC)cc2c1NC(=O)CN1CCN(c2ccc(Cl)c(Cl)c2)CC1. The van der Waals surface area contributed by atoms with Gasteiger partial charge in [0, 0.05) is 43.3 Å². The third kappa shape index (κ3) is 5.48. The van der Waals surface area contributed by atoms with Crippen molar-refractivity contribution in [2.75, 3.05) is 63.8 Å². The summed E-state index contributed by atoms with van der Waals surface area (Å²) in [4.78, 5) is 33.0. The Kier molecular flexibility index (Phi) is 8.13. The summed E-state index contributed by atoms with van der Waals surface area (Å²) in [6.07, 6.45) is 0. The molecule has 1 aliphatic heterocycles. The Morgan fingerprint density at radius 1 is 1.00 bits per heavy atom. The van der Waals surface area contributed by atoms with Gasteiger partial charge in [-0.1, -0.05) is 23.2 Å². The number of amides is 1. The quantitative estimate of drug-likeness (QED) is 0.412. The fraction of sp³-hybridized carbons (Fsp3) is 0.360. The van der Waals surface area contributed by atoms with Gasteiger partial charge < -0.3 is 29.4 Å². The van der Waals surface area contributed by atoms with Crippen LogP contribution >= 0.6 is 23.2 Å². The minimum atomic E-state index is -0.558. The first kappa shape index (κ1) is 25.9. The molecule has 2 aromatic carbocycles. The van der Waals surface area contributed by atoms with Crippen LogP contribution in [-0.4, -0.2) is 75.3 Å². The van der Waals surface area contributed by atoms with Gasteiger partial charge in [-0.15, -0.1) is 0 Å². The molecule has 11 heteroatoms. The number of H-pyrrole nitrogens is 1. The van der Waals surface area contributed by atoms with Gasteiger partial charge in [0.1, 0.15) is 5.69 Å². The first-order valence-corrected chi connectivity index (χ1v) is 12.3. The highest BCUT2D eigenvalue weighted by Crippen LogP contribution is 2.37. The summed E-state index contributed by atoms with van der Waals surface area (Å²) in [6, 6.07) is 9.01. The van der Waals surface area contributed by atoms with E-state index in [9.17, 15) is 9.59 Å². The van der Waals surface area contributed by atoms with Crippen molar-refractivity contribution in [3.8, 4) is 11.5 Å². The number of ether oxygens (including phenoxy) is 3. The van der Waals surface area contributed by atoms with Crippen LogP contribution in [-0.2, 0) is 9.53 Å². The Bertz CT molecular complexity index is 1270. The Morgan fingerprint density at radius 3 is 2.33 bits per heavy atom. The lowest BCUT2D eigenvalue weighted by Gasteiger charge is -2.35. The minimum Gasteiger partial charge on any atom is -0.493 e. The zero-order valence-electron chi connectivity index (χ0n) is 20.3. The van der Waals surface area contributed by atoms with Crippen LogP contribution in [0.5, 0.6) is 11.5 Å². The van der Waals surface area contributed by atoms with Crippen molar-refractivity contribution >= 4 is 57.4 Å². The number of nitrogens with zero attached hydrogens (tertiary/aromatic N) is 2. The first-order valence-electron chi connectivity index (χ1n) is 11.5. The molecule has 0 unspecified atom stereocenters. The highest BCUT2D eigenvalue weighted by Gasteiger charge is 2.25. The number of nitrogens with one attached hydrogen (secondary N) is 2. The van der Waals surface area contributed by atoms with Crippen molar-refractivity contribution < 1.29 is 23.8 Å². The highest BCUT2D eigenvalue weighted by molar-refractivity contribution is 6.42. The second-order valence-corrected chi connectivity index (χ2v) is 9.07. The molecule has 0 bridgehead atoms. The number of fused-ring (bicyclic) bond motifs is 1. The van der Waals surface area contributed by atoms with Gasteiger partial charge in [0.05, 0.1) is 48.6 Å². The summed E-state index contributed by atoms with van der Waals surface area (Å²) in [6.45, 7) is 4.97. The van der Waals surface area contributed by atoms with Gasteiger partial charge in [0.2, 0.25) is 5.91 Å². The zero-order chi connectivity index (χ0) is 25.8. The van der Waals surface area contributed by atoms with E-state index in [1.807, 2.05) is 12.1 Å². The summed E-state index contributed by atoms with van der Waals surface area (Å²) in [5.74, 6) is 0.184. The summed E-state index contributed by atoms with van der Waals surface area (Å²) in [5.41, 5.74) is 2.13. The maximum atomic E-state index is 13.0. The Hall–Kier alpha value is -3.14. The summed E-state index contributed by atoms with van der Waals surface area (Å²) in [7, 11) is 3.06. The van der Waals surface area contributed by atoms with E-state index in [1.165, 1.54) is 14.2 Å². The predicted molar refractivity (Wildman–Crippen MR) is 141 cm³/mol. The molecule has 192 valence electrons. The molecule has 1 fully saturated rings. The van der Waals surface area contributed by atoms with Crippen LogP contribution in [0.3, 0.4) is 0 Å². The van der Waals surface area contributed by atoms with Crippen LogP contribution in [0.2, 0.25) is 10.0 Å². The normalized spacial score (nSPS) is 14.1. The lowest BCUT2D eigenvalue weighted by atomic mass is 10.2. The fourth-order valence-corrected chi connectivity index (χ4v) is 4.53. The molecule has 1 aromatic heterocycles. The minimum absolute atomic E-state index is 0.167. The third-order valence-corrected chi connectivity index (χ3v) is 6.79. The predicted octanol–water partition coefficient (Wildman–Crippen LogP) is 4.43. The molecule has 0 saturated carbocycles. The molecule has 2 N–H and O–H groups in total. The second kappa shape index (κ2) is 11.3. The molecule has 9 nitrogen and oxygen atoms in total. The number of benzene rings is 2. The van der Waals surface area contributed by atoms with E-state index >= 15 is 0 Å². The second-order valence-electron chi connectivity index (χ2n) is 8.26. The highest BCUT2D eigenvalue weighted by atomic mass is 35.5. The Labute approximate surface area is 219 Å². The van der Waals surface area contributed by atoms with E-state index in [0.717, 1.165) is 18.8 Å². The van der Waals surface area contributed by atoms with Crippen LogP contribution in [0.15, 0.2) is 30.3 Å².